The van der Waals surface area contributed by atoms with Crippen molar-refractivity contribution in [2.24, 2.45) is 22.7 Å². The van der Waals surface area contributed by atoms with Crippen molar-refractivity contribution in [1.29, 1.82) is 5.26 Å². The fourth-order valence-electron chi connectivity index (χ4n) is 6.46. The van der Waals surface area contributed by atoms with Crippen LogP contribution in [0, 0.1) is 34.0 Å². The summed E-state index contributed by atoms with van der Waals surface area (Å²) in [5, 5.41) is 22.2. The van der Waals surface area contributed by atoms with E-state index in [-0.39, 0.29) is 34.8 Å². The Bertz CT molecular complexity index is 911. The molecule has 7 heteroatoms. The van der Waals surface area contributed by atoms with E-state index in [1.54, 1.807) is 18.2 Å². The number of rotatable bonds is 6. The molecule has 1 amide bonds. The summed E-state index contributed by atoms with van der Waals surface area (Å²) in [7, 11) is 0. The molecule has 33 heavy (non-hydrogen) atoms. The molecule has 2 aliphatic carbocycles. The first kappa shape index (κ1) is 24.3. The van der Waals surface area contributed by atoms with Crippen molar-refractivity contribution >= 4 is 17.5 Å². The van der Waals surface area contributed by atoms with Crippen LogP contribution in [0.15, 0.2) is 18.2 Å². The van der Waals surface area contributed by atoms with E-state index < -0.39 is 0 Å². The van der Waals surface area contributed by atoms with E-state index in [4.69, 9.17) is 21.6 Å². The number of benzene rings is 1. The number of carbonyl (C=O) groups excluding carboxylic acids is 1. The van der Waals surface area contributed by atoms with Gasteiger partial charge in [0.2, 0.25) is 5.91 Å². The molecule has 2 N–H and O–H groups in total. The molecule has 2 saturated carbocycles. The minimum absolute atomic E-state index is 0.00991. The Morgan fingerprint density at radius 2 is 1.88 bits per heavy atom. The largest absolute Gasteiger partial charge is 0.489 e. The van der Waals surface area contributed by atoms with Gasteiger partial charge in [-0.2, -0.15) is 5.26 Å². The molecule has 4 rings (SSSR count). The molecule has 6 nitrogen and oxygen atoms in total. The number of amides is 1. The second kappa shape index (κ2) is 9.09. The van der Waals surface area contributed by atoms with Crippen LogP contribution in [0.1, 0.15) is 58.9 Å². The topological polar surface area (TPSA) is 85.6 Å². The molecule has 0 unspecified atom stereocenters. The van der Waals surface area contributed by atoms with Crippen molar-refractivity contribution in [3.63, 3.8) is 0 Å². The molecule has 0 bridgehead atoms. The van der Waals surface area contributed by atoms with E-state index in [1.807, 2.05) is 0 Å². The quantitative estimate of drug-likeness (QED) is 0.652. The maximum absolute atomic E-state index is 13.1. The highest BCUT2D eigenvalue weighted by Crippen LogP contribution is 2.56. The number of carbonyl (C=O) groups is 1. The van der Waals surface area contributed by atoms with Crippen LogP contribution < -0.4 is 10.1 Å². The third-order valence-corrected chi connectivity index (χ3v) is 8.66. The van der Waals surface area contributed by atoms with Gasteiger partial charge >= 0.3 is 0 Å². The first-order valence-corrected chi connectivity index (χ1v) is 12.5. The summed E-state index contributed by atoms with van der Waals surface area (Å²) in [5.74, 6) is 1.32. The van der Waals surface area contributed by atoms with Crippen LogP contribution >= 0.6 is 11.6 Å². The summed E-state index contributed by atoms with van der Waals surface area (Å²) in [6, 6.07) is 7.72. The zero-order valence-corrected chi connectivity index (χ0v) is 20.9. The normalized spacial score (nSPS) is 31.1. The Balaban J connectivity index is 1.31. The van der Waals surface area contributed by atoms with Crippen LogP contribution in [0.4, 0.5) is 0 Å². The van der Waals surface area contributed by atoms with Crippen molar-refractivity contribution in [3.05, 3.63) is 28.8 Å². The number of ether oxygens (including phenoxy) is 1. The smallest absolute Gasteiger partial charge is 0.223 e. The molecule has 180 valence electrons. The predicted molar refractivity (Wildman–Crippen MR) is 128 cm³/mol. The molecule has 1 aromatic rings. The first-order valence-electron chi connectivity index (χ1n) is 12.1. The summed E-state index contributed by atoms with van der Waals surface area (Å²) in [6.45, 7) is 10.9. The maximum atomic E-state index is 13.1. The third kappa shape index (κ3) is 4.48. The fourth-order valence-corrected chi connectivity index (χ4v) is 6.67. The van der Waals surface area contributed by atoms with Crippen LogP contribution in [0.25, 0.3) is 0 Å². The zero-order valence-electron chi connectivity index (χ0n) is 20.1. The highest BCUT2D eigenvalue weighted by molar-refractivity contribution is 6.31. The Labute approximate surface area is 202 Å². The average molecular weight is 474 g/mol. The standard InChI is InChI=1S/C26H36ClN3O3/c1-25(2)23(26(3,4)24(25)33-20-6-5-17(14-28)21(27)13-20)29-22(32)18-11-19(12-18)30-9-7-16(15-31)8-10-30/h5-6,13,16,18-19,23-24,31H,7-12,15H2,1-4H3,(H,29,32)/t18?,19?,23-,24-. The molecule has 1 heterocycles. The maximum Gasteiger partial charge on any atom is 0.223 e. The number of nitrogens with one attached hydrogen (secondary N) is 1. The Morgan fingerprint density at radius 3 is 2.42 bits per heavy atom. The lowest BCUT2D eigenvalue weighted by Crippen LogP contribution is -2.75. The Kier molecular flexibility index (Phi) is 6.70. The third-order valence-electron chi connectivity index (χ3n) is 8.35. The predicted octanol–water partition coefficient (Wildman–Crippen LogP) is 3.99. The lowest BCUT2D eigenvalue weighted by atomic mass is 9.49. The number of piperidine rings is 1. The van der Waals surface area contributed by atoms with Crippen LogP contribution in [0.5, 0.6) is 5.75 Å². The molecule has 1 saturated heterocycles. The monoisotopic (exact) mass is 473 g/mol. The van der Waals surface area contributed by atoms with E-state index in [1.165, 1.54) is 0 Å². The number of likely N-dealkylation sites (tertiary alicyclic amines) is 1. The Morgan fingerprint density at radius 1 is 1.24 bits per heavy atom. The lowest BCUT2D eigenvalue weighted by molar-refractivity contribution is -0.176. The molecular formula is C26H36ClN3O3. The van der Waals surface area contributed by atoms with Crippen molar-refractivity contribution in [2.45, 2.75) is 71.6 Å². The van der Waals surface area contributed by atoms with Gasteiger partial charge < -0.3 is 20.1 Å². The fraction of sp³-hybridized carbons (Fsp3) is 0.692. The van der Waals surface area contributed by atoms with Gasteiger partial charge in [-0.1, -0.05) is 39.3 Å². The minimum Gasteiger partial charge on any atom is -0.489 e. The second-order valence-corrected chi connectivity index (χ2v) is 11.7. The van der Waals surface area contributed by atoms with E-state index in [9.17, 15) is 9.90 Å². The van der Waals surface area contributed by atoms with Crippen molar-refractivity contribution < 1.29 is 14.6 Å². The average Bonchev–Trinajstić information content (AvgIpc) is 2.75. The molecular weight excluding hydrogens is 438 g/mol. The molecule has 0 spiro atoms. The van der Waals surface area contributed by atoms with Gasteiger partial charge in [-0.05, 0) is 56.8 Å². The van der Waals surface area contributed by atoms with Crippen molar-refractivity contribution in [2.75, 3.05) is 19.7 Å². The van der Waals surface area contributed by atoms with Crippen LogP contribution in [-0.4, -0.2) is 53.8 Å². The number of nitriles is 1. The van der Waals surface area contributed by atoms with Crippen LogP contribution in [0.3, 0.4) is 0 Å². The van der Waals surface area contributed by atoms with Gasteiger partial charge in [0.1, 0.15) is 17.9 Å². The zero-order chi connectivity index (χ0) is 24.0. The number of halogens is 1. The molecule has 3 fully saturated rings. The van der Waals surface area contributed by atoms with Crippen molar-refractivity contribution in [1.82, 2.24) is 10.2 Å². The highest BCUT2D eigenvalue weighted by Gasteiger charge is 2.64. The van der Waals surface area contributed by atoms with Gasteiger partial charge in [-0.3, -0.25) is 4.79 Å². The summed E-state index contributed by atoms with van der Waals surface area (Å²) < 4.78 is 6.32. The number of hydrogen-bond acceptors (Lipinski definition) is 5. The van der Waals surface area contributed by atoms with Gasteiger partial charge in [0, 0.05) is 41.5 Å². The SMILES string of the molecule is CC1(C)[C@H](NC(=O)C2CC(N3CCC(CO)CC3)C2)C(C)(C)[C@H]1Oc1ccc(C#N)c(Cl)c1. The van der Waals surface area contributed by atoms with E-state index in [0.717, 1.165) is 38.8 Å². The van der Waals surface area contributed by atoms with Gasteiger partial charge in [0.25, 0.3) is 0 Å². The molecule has 1 aromatic carbocycles. The molecule has 0 aromatic heterocycles. The number of nitrogens with zero attached hydrogens (tertiary/aromatic N) is 2. The molecule has 0 atom stereocenters. The van der Waals surface area contributed by atoms with E-state index in [0.29, 0.717) is 34.9 Å². The first-order chi connectivity index (χ1) is 15.6. The number of aliphatic hydroxyl groups is 1. The minimum atomic E-state index is -0.241. The van der Waals surface area contributed by atoms with Gasteiger partial charge in [-0.15, -0.1) is 0 Å². The summed E-state index contributed by atoms with van der Waals surface area (Å²) >= 11 is 6.18. The Hall–Kier alpha value is -1.81. The second-order valence-electron chi connectivity index (χ2n) is 11.3. The van der Waals surface area contributed by atoms with Crippen LogP contribution in [-0.2, 0) is 4.79 Å². The summed E-state index contributed by atoms with van der Waals surface area (Å²) in [4.78, 5) is 15.6. The highest BCUT2D eigenvalue weighted by atomic mass is 35.5. The number of hydrogen-bond donors (Lipinski definition) is 2. The molecule has 3 aliphatic rings. The molecule has 0 radical (unpaired) electrons. The van der Waals surface area contributed by atoms with Gasteiger partial charge in [0.05, 0.1) is 10.6 Å². The van der Waals surface area contributed by atoms with Crippen molar-refractivity contribution in [3.8, 4) is 11.8 Å². The molecule has 1 aliphatic heterocycles. The summed E-state index contributed by atoms with van der Waals surface area (Å²) in [5.41, 5.74) is -0.0538. The summed E-state index contributed by atoms with van der Waals surface area (Å²) in [6.07, 6.45) is 3.86. The number of aliphatic hydroxyl groups excluding tert-OH is 1. The van der Waals surface area contributed by atoms with Crippen LogP contribution in [0.2, 0.25) is 5.02 Å². The van der Waals surface area contributed by atoms with E-state index >= 15 is 0 Å². The van der Waals surface area contributed by atoms with E-state index in [2.05, 4.69) is 44.0 Å². The van der Waals surface area contributed by atoms with Gasteiger partial charge in [0.15, 0.2) is 0 Å². The van der Waals surface area contributed by atoms with Gasteiger partial charge in [-0.25, -0.2) is 0 Å². The lowest BCUT2D eigenvalue weighted by Gasteiger charge is -2.63.